The van der Waals surface area contributed by atoms with Crippen molar-refractivity contribution in [3.05, 3.63) is 71.8 Å². The molecule has 0 saturated heterocycles. The van der Waals surface area contributed by atoms with Gasteiger partial charge >= 0.3 is 0 Å². The second-order valence-electron chi connectivity index (χ2n) is 7.84. The molecule has 0 heterocycles. The van der Waals surface area contributed by atoms with Crippen molar-refractivity contribution < 1.29 is 9.59 Å². The first kappa shape index (κ1) is 23.6. The van der Waals surface area contributed by atoms with E-state index >= 15 is 0 Å². The predicted octanol–water partition coefficient (Wildman–Crippen LogP) is 3.57. The van der Waals surface area contributed by atoms with E-state index in [9.17, 15) is 9.59 Å². The van der Waals surface area contributed by atoms with Crippen LogP contribution in [0.25, 0.3) is 0 Å². The van der Waals surface area contributed by atoms with Gasteiger partial charge in [-0.15, -0.1) is 0 Å². The third kappa shape index (κ3) is 6.99. The number of hydrogen-bond acceptors (Lipinski definition) is 3. The molecule has 2 aromatic rings. The van der Waals surface area contributed by atoms with Crippen molar-refractivity contribution >= 4 is 11.8 Å². The zero-order valence-corrected chi connectivity index (χ0v) is 18.6. The second-order valence-corrected chi connectivity index (χ2v) is 7.84. The summed E-state index contributed by atoms with van der Waals surface area (Å²) in [7, 11) is 0. The van der Waals surface area contributed by atoms with Gasteiger partial charge in [-0.25, -0.2) is 0 Å². The highest BCUT2D eigenvalue weighted by molar-refractivity contribution is 5.88. The number of carbonyl (C=O) groups excluding carboxylic acids is 2. The number of benzene rings is 2. The first-order chi connectivity index (χ1) is 14.5. The number of rotatable bonds is 11. The Bertz CT molecular complexity index is 773. The zero-order chi connectivity index (χ0) is 21.9. The number of carbonyl (C=O) groups is 2. The van der Waals surface area contributed by atoms with Gasteiger partial charge in [-0.05, 0) is 30.1 Å². The first-order valence-electron chi connectivity index (χ1n) is 10.9. The number of nitrogens with one attached hydrogen (secondary N) is 2. The standard InChI is InChI=1S/C25H35N3O2/c1-5-28(6-2)22(21-15-11-8-12-16-21)18-26-25(30)24(19(3)4)27-23(29)17-20-13-9-7-10-14-20/h7-16,19,22,24H,5-6,17-18H2,1-4H3,(H,26,30)(H,27,29). The largest absolute Gasteiger partial charge is 0.352 e. The number of amides is 2. The van der Waals surface area contributed by atoms with Gasteiger partial charge < -0.3 is 10.6 Å². The van der Waals surface area contributed by atoms with Crippen molar-refractivity contribution in [3.63, 3.8) is 0 Å². The minimum absolute atomic E-state index is 0.00616. The molecule has 0 aromatic heterocycles. The zero-order valence-electron chi connectivity index (χ0n) is 18.6. The van der Waals surface area contributed by atoms with Crippen LogP contribution in [-0.2, 0) is 16.0 Å². The average Bonchev–Trinajstić information content (AvgIpc) is 2.76. The lowest BCUT2D eigenvalue weighted by molar-refractivity contribution is -0.129. The summed E-state index contributed by atoms with van der Waals surface area (Å²) in [6.45, 7) is 10.4. The first-order valence-corrected chi connectivity index (χ1v) is 10.9. The third-order valence-electron chi connectivity index (χ3n) is 5.38. The fourth-order valence-electron chi connectivity index (χ4n) is 3.65. The summed E-state index contributed by atoms with van der Waals surface area (Å²) < 4.78 is 0. The van der Waals surface area contributed by atoms with E-state index in [1.54, 1.807) is 0 Å². The van der Waals surface area contributed by atoms with E-state index in [0.29, 0.717) is 6.54 Å². The van der Waals surface area contributed by atoms with Gasteiger partial charge in [0.1, 0.15) is 6.04 Å². The average molecular weight is 410 g/mol. The van der Waals surface area contributed by atoms with Crippen LogP contribution < -0.4 is 10.6 Å². The minimum atomic E-state index is -0.561. The topological polar surface area (TPSA) is 61.4 Å². The van der Waals surface area contributed by atoms with Gasteiger partial charge in [0.2, 0.25) is 11.8 Å². The molecule has 0 aliphatic carbocycles. The van der Waals surface area contributed by atoms with Crippen LogP contribution in [-0.4, -0.2) is 42.4 Å². The number of hydrogen-bond donors (Lipinski definition) is 2. The van der Waals surface area contributed by atoms with Gasteiger partial charge in [-0.2, -0.15) is 0 Å². The van der Waals surface area contributed by atoms with Gasteiger partial charge in [0.25, 0.3) is 0 Å². The van der Waals surface area contributed by atoms with Crippen LogP contribution in [0.1, 0.15) is 44.9 Å². The Labute approximate surface area is 180 Å². The molecule has 0 bridgehead atoms. The Morgan fingerprint density at radius 1 is 0.900 bits per heavy atom. The summed E-state index contributed by atoms with van der Waals surface area (Å²) in [6.07, 6.45) is 0.267. The van der Waals surface area contributed by atoms with Gasteiger partial charge in [-0.1, -0.05) is 88.4 Å². The van der Waals surface area contributed by atoms with Gasteiger partial charge in [0.15, 0.2) is 0 Å². The number of nitrogens with zero attached hydrogens (tertiary/aromatic N) is 1. The summed E-state index contributed by atoms with van der Waals surface area (Å²) in [6, 6.07) is 19.3. The van der Waals surface area contributed by atoms with E-state index < -0.39 is 6.04 Å². The van der Waals surface area contributed by atoms with Crippen molar-refractivity contribution in [2.75, 3.05) is 19.6 Å². The number of likely N-dealkylation sites (N-methyl/N-ethyl adjacent to an activating group) is 1. The molecule has 2 atom stereocenters. The van der Waals surface area contributed by atoms with Gasteiger partial charge in [0.05, 0.1) is 12.5 Å². The maximum atomic E-state index is 13.0. The fraction of sp³-hybridized carbons (Fsp3) is 0.440. The smallest absolute Gasteiger partial charge is 0.242 e. The quantitative estimate of drug-likeness (QED) is 0.596. The molecule has 0 saturated carbocycles. The fourth-order valence-corrected chi connectivity index (χ4v) is 3.65. The monoisotopic (exact) mass is 409 g/mol. The predicted molar refractivity (Wildman–Crippen MR) is 122 cm³/mol. The van der Waals surface area contributed by atoms with Crippen LogP contribution >= 0.6 is 0 Å². The highest BCUT2D eigenvalue weighted by atomic mass is 16.2. The van der Waals surface area contributed by atoms with Crippen LogP contribution in [0.3, 0.4) is 0 Å². The lowest BCUT2D eigenvalue weighted by atomic mass is 10.0. The Kier molecular flexibility index (Phi) is 9.55. The molecule has 2 rings (SSSR count). The van der Waals surface area contributed by atoms with Crippen LogP contribution in [0.5, 0.6) is 0 Å². The van der Waals surface area contributed by atoms with Crippen LogP contribution in [0.2, 0.25) is 0 Å². The molecule has 2 unspecified atom stereocenters. The summed E-state index contributed by atoms with van der Waals surface area (Å²) in [4.78, 5) is 27.8. The lowest BCUT2D eigenvalue weighted by Gasteiger charge is -2.31. The SMILES string of the molecule is CCN(CC)C(CNC(=O)C(NC(=O)Cc1ccccc1)C(C)C)c1ccccc1. The molecule has 0 aliphatic heterocycles. The summed E-state index contributed by atoms with van der Waals surface area (Å²) in [5, 5.41) is 6.01. The molecule has 2 aromatic carbocycles. The Hall–Kier alpha value is -2.66. The molecule has 0 radical (unpaired) electrons. The van der Waals surface area contributed by atoms with E-state index in [-0.39, 0.29) is 30.2 Å². The second kappa shape index (κ2) is 12.1. The molecule has 5 heteroatoms. The third-order valence-corrected chi connectivity index (χ3v) is 5.38. The molecule has 0 spiro atoms. The van der Waals surface area contributed by atoms with E-state index in [1.807, 2.05) is 62.4 Å². The molecule has 162 valence electrons. The molecular formula is C25H35N3O2. The van der Waals surface area contributed by atoms with Gasteiger partial charge in [-0.3, -0.25) is 14.5 Å². The van der Waals surface area contributed by atoms with E-state index in [0.717, 1.165) is 18.7 Å². The van der Waals surface area contributed by atoms with Crippen LogP contribution in [0, 0.1) is 5.92 Å². The maximum absolute atomic E-state index is 13.0. The molecule has 0 aliphatic rings. The highest BCUT2D eigenvalue weighted by Gasteiger charge is 2.26. The molecule has 2 N–H and O–H groups in total. The summed E-state index contributed by atoms with van der Waals surface area (Å²) in [5.74, 6) is -0.286. The Morgan fingerprint density at radius 2 is 1.47 bits per heavy atom. The summed E-state index contributed by atoms with van der Waals surface area (Å²) in [5.41, 5.74) is 2.11. The van der Waals surface area contributed by atoms with Crippen molar-refractivity contribution in [2.24, 2.45) is 5.92 Å². The Morgan fingerprint density at radius 3 is 2.00 bits per heavy atom. The minimum Gasteiger partial charge on any atom is -0.352 e. The maximum Gasteiger partial charge on any atom is 0.242 e. The normalized spacial score (nSPS) is 13.1. The van der Waals surface area contributed by atoms with Crippen molar-refractivity contribution in [2.45, 2.75) is 46.2 Å². The van der Waals surface area contributed by atoms with E-state index in [2.05, 4.69) is 41.5 Å². The Balaban J connectivity index is 2.02. The van der Waals surface area contributed by atoms with Crippen LogP contribution in [0.15, 0.2) is 60.7 Å². The molecule has 30 heavy (non-hydrogen) atoms. The molecular weight excluding hydrogens is 374 g/mol. The van der Waals surface area contributed by atoms with Crippen LogP contribution in [0.4, 0.5) is 0 Å². The highest BCUT2D eigenvalue weighted by Crippen LogP contribution is 2.19. The molecule has 5 nitrogen and oxygen atoms in total. The van der Waals surface area contributed by atoms with E-state index in [4.69, 9.17) is 0 Å². The van der Waals surface area contributed by atoms with Crippen molar-refractivity contribution in [3.8, 4) is 0 Å². The summed E-state index contributed by atoms with van der Waals surface area (Å²) >= 11 is 0. The molecule has 2 amide bonds. The van der Waals surface area contributed by atoms with Crippen molar-refractivity contribution in [1.82, 2.24) is 15.5 Å². The lowest BCUT2D eigenvalue weighted by Crippen LogP contribution is -2.51. The van der Waals surface area contributed by atoms with E-state index in [1.165, 1.54) is 5.56 Å². The molecule has 0 fully saturated rings. The van der Waals surface area contributed by atoms with Crippen molar-refractivity contribution in [1.29, 1.82) is 0 Å². The van der Waals surface area contributed by atoms with Gasteiger partial charge in [0, 0.05) is 6.54 Å².